The van der Waals surface area contributed by atoms with Crippen molar-refractivity contribution < 1.29 is 9.59 Å². The van der Waals surface area contributed by atoms with Crippen molar-refractivity contribution in [1.82, 2.24) is 5.32 Å². The highest BCUT2D eigenvalue weighted by Gasteiger charge is 2.09. The summed E-state index contributed by atoms with van der Waals surface area (Å²) in [6.45, 7) is 2.55. The molecule has 0 saturated carbocycles. The van der Waals surface area contributed by atoms with E-state index in [1.165, 1.54) is 11.1 Å². The summed E-state index contributed by atoms with van der Waals surface area (Å²) in [7, 11) is 0. The largest absolute Gasteiger partial charge is 0.366 e. The zero-order valence-electron chi connectivity index (χ0n) is 12.4. The lowest BCUT2D eigenvalue weighted by Gasteiger charge is -2.11. The van der Waals surface area contributed by atoms with Crippen LogP contribution >= 0.6 is 0 Å². The van der Waals surface area contributed by atoms with Crippen LogP contribution in [0.3, 0.4) is 0 Å². The Morgan fingerprint density at radius 2 is 1.73 bits per heavy atom. The van der Waals surface area contributed by atoms with Crippen LogP contribution < -0.4 is 16.4 Å². The normalized spacial score (nSPS) is 10.0. The number of hydrogen-bond donors (Lipinski definition) is 3. The molecule has 0 fully saturated rings. The number of hydrogen-bond acceptors (Lipinski definition) is 2. The lowest BCUT2D eigenvalue weighted by molar-refractivity contribution is 0.100. The number of nitrogens with two attached hydrogens (primary N) is 1. The molecule has 114 valence electrons. The zero-order chi connectivity index (χ0) is 15.9. The third-order valence-corrected chi connectivity index (χ3v) is 3.38. The Bertz CT molecular complexity index is 683. The number of benzene rings is 2. The van der Waals surface area contributed by atoms with Gasteiger partial charge in [-0.05, 0) is 36.6 Å². The summed E-state index contributed by atoms with van der Waals surface area (Å²) in [6.07, 6.45) is 0.748. The van der Waals surface area contributed by atoms with Gasteiger partial charge in [-0.2, -0.15) is 0 Å². The van der Waals surface area contributed by atoms with E-state index in [1.807, 2.05) is 31.2 Å². The molecular formula is C17H19N3O2. The second-order valence-electron chi connectivity index (χ2n) is 4.97. The first-order valence-electron chi connectivity index (χ1n) is 7.06. The number of carbonyl (C=O) groups is 2. The quantitative estimate of drug-likeness (QED) is 0.792. The van der Waals surface area contributed by atoms with Crippen LogP contribution in [0.25, 0.3) is 0 Å². The van der Waals surface area contributed by atoms with Crippen molar-refractivity contribution in [3.8, 4) is 0 Å². The Morgan fingerprint density at radius 1 is 1.05 bits per heavy atom. The average Bonchev–Trinajstić information content (AvgIpc) is 2.49. The minimum absolute atomic E-state index is 0.288. The van der Waals surface area contributed by atoms with Gasteiger partial charge in [-0.15, -0.1) is 0 Å². The van der Waals surface area contributed by atoms with E-state index in [-0.39, 0.29) is 11.6 Å². The first-order chi connectivity index (χ1) is 10.6. The molecular weight excluding hydrogens is 278 g/mol. The Kier molecular flexibility index (Phi) is 5.14. The predicted molar refractivity (Wildman–Crippen MR) is 86.9 cm³/mol. The summed E-state index contributed by atoms with van der Waals surface area (Å²) < 4.78 is 0. The van der Waals surface area contributed by atoms with Gasteiger partial charge in [-0.25, -0.2) is 4.79 Å². The van der Waals surface area contributed by atoms with Gasteiger partial charge in [0.1, 0.15) is 0 Å². The molecule has 0 atom stereocenters. The Labute approximate surface area is 129 Å². The zero-order valence-corrected chi connectivity index (χ0v) is 12.4. The lowest BCUT2D eigenvalue weighted by Crippen LogP contribution is -2.31. The SMILES string of the molecule is Cc1ccccc1CCNC(=O)Nc1ccccc1C(N)=O. The van der Waals surface area contributed by atoms with Crippen LogP contribution in [0.4, 0.5) is 10.5 Å². The second-order valence-corrected chi connectivity index (χ2v) is 4.97. The highest BCUT2D eigenvalue weighted by molar-refractivity contribution is 6.02. The van der Waals surface area contributed by atoms with E-state index >= 15 is 0 Å². The minimum Gasteiger partial charge on any atom is -0.366 e. The second kappa shape index (κ2) is 7.26. The number of para-hydroxylation sites is 1. The third kappa shape index (κ3) is 4.09. The number of rotatable bonds is 5. The number of carbonyl (C=O) groups excluding carboxylic acids is 2. The average molecular weight is 297 g/mol. The summed E-state index contributed by atoms with van der Waals surface area (Å²) in [5.41, 5.74) is 8.36. The summed E-state index contributed by atoms with van der Waals surface area (Å²) in [5, 5.41) is 5.41. The predicted octanol–water partition coefficient (Wildman–Crippen LogP) is 2.46. The van der Waals surface area contributed by atoms with Crippen molar-refractivity contribution in [3.63, 3.8) is 0 Å². The summed E-state index contributed by atoms with van der Waals surface area (Å²) in [5.74, 6) is -0.573. The molecule has 0 radical (unpaired) electrons. The number of amides is 3. The van der Waals surface area contributed by atoms with Gasteiger partial charge < -0.3 is 16.4 Å². The Morgan fingerprint density at radius 3 is 2.45 bits per heavy atom. The van der Waals surface area contributed by atoms with Crippen LogP contribution in [0.1, 0.15) is 21.5 Å². The molecule has 5 nitrogen and oxygen atoms in total. The van der Waals surface area contributed by atoms with Crippen LogP contribution in [0, 0.1) is 6.92 Å². The van der Waals surface area contributed by atoms with Crippen molar-refractivity contribution in [3.05, 3.63) is 65.2 Å². The maximum absolute atomic E-state index is 11.9. The fourth-order valence-electron chi connectivity index (χ4n) is 2.17. The van der Waals surface area contributed by atoms with E-state index < -0.39 is 5.91 Å². The van der Waals surface area contributed by atoms with Gasteiger partial charge >= 0.3 is 6.03 Å². The van der Waals surface area contributed by atoms with Gasteiger partial charge in [0.05, 0.1) is 11.3 Å². The van der Waals surface area contributed by atoms with E-state index in [0.717, 1.165) is 6.42 Å². The molecule has 4 N–H and O–H groups in total. The third-order valence-electron chi connectivity index (χ3n) is 3.38. The molecule has 2 aromatic rings. The molecule has 0 spiro atoms. The van der Waals surface area contributed by atoms with Crippen LogP contribution in [0.15, 0.2) is 48.5 Å². The molecule has 22 heavy (non-hydrogen) atoms. The number of urea groups is 1. The van der Waals surface area contributed by atoms with Crippen molar-refractivity contribution in [2.75, 3.05) is 11.9 Å². The van der Waals surface area contributed by atoms with Crippen molar-refractivity contribution in [2.45, 2.75) is 13.3 Å². The van der Waals surface area contributed by atoms with Crippen LogP contribution in [0.5, 0.6) is 0 Å². The van der Waals surface area contributed by atoms with E-state index in [4.69, 9.17) is 5.73 Å². The van der Waals surface area contributed by atoms with Gasteiger partial charge in [-0.1, -0.05) is 36.4 Å². The summed E-state index contributed by atoms with van der Waals surface area (Å²) >= 11 is 0. The topological polar surface area (TPSA) is 84.2 Å². The Balaban J connectivity index is 1.89. The van der Waals surface area contributed by atoms with Gasteiger partial charge in [0, 0.05) is 6.54 Å². The smallest absolute Gasteiger partial charge is 0.319 e. The standard InChI is InChI=1S/C17H19N3O2/c1-12-6-2-3-7-13(12)10-11-19-17(22)20-15-9-5-4-8-14(15)16(18)21/h2-9H,10-11H2,1H3,(H2,18,21)(H2,19,20,22). The van der Waals surface area contributed by atoms with Gasteiger partial charge in [0.15, 0.2) is 0 Å². The van der Waals surface area contributed by atoms with Crippen LogP contribution in [0.2, 0.25) is 0 Å². The van der Waals surface area contributed by atoms with Gasteiger partial charge in [-0.3, -0.25) is 4.79 Å². The molecule has 0 aromatic heterocycles. The number of primary amides is 1. The highest BCUT2D eigenvalue weighted by Crippen LogP contribution is 2.13. The molecule has 0 unspecified atom stereocenters. The summed E-state index contributed by atoms with van der Waals surface area (Å²) in [4.78, 5) is 23.2. The fraction of sp³-hybridized carbons (Fsp3) is 0.176. The van der Waals surface area contributed by atoms with Crippen molar-refractivity contribution in [2.24, 2.45) is 5.73 Å². The first kappa shape index (κ1) is 15.6. The fourth-order valence-corrected chi connectivity index (χ4v) is 2.17. The molecule has 0 aliphatic rings. The first-order valence-corrected chi connectivity index (χ1v) is 7.06. The molecule has 2 aromatic carbocycles. The van der Waals surface area contributed by atoms with E-state index in [9.17, 15) is 9.59 Å². The maximum atomic E-state index is 11.9. The Hall–Kier alpha value is -2.82. The van der Waals surface area contributed by atoms with Gasteiger partial charge in [0.2, 0.25) is 0 Å². The molecule has 0 aliphatic carbocycles. The van der Waals surface area contributed by atoms with Gasteiger partial charge in [0.25, 0.3) is 5.91 Å². The highest BCUT2D eigenvalue weighted by atomic mass is 16.2. The van der Waals surface area contributed by atoms with E-state index in [2.05, 4.69) is 10.6 Å². The number of nitrogens with one attached hydrogen (secondary N) is 2. The monoisotopic (exact) mass is 297 g/mol. The van der Waals surface area contributed by atoms with Crippen LogP contribution in [-0.2, 0) is 6.42 Å². The lowest BCUT2D eigenvalue weighted by atomic mass is 10.1. The molecule has 0 saturated heterocycles. The van der Waals surface area contributed by atoms with E-state index in [0.29, 0.717) is 12.2 Å². The molecule has 3 amide bonds. The number of anilines is 1. The molecule has 5 heteroatoms. The molecule has 0 heterocycles. The minimum atomic E-state index is -0.573. The molecule has 2 rings (SSSR count). The van der Waals surface area contributed by atoms with Crippen molar-refractivity contribution >= 4 is 17.6 Å². The maximum Gasteiger partial charge on any atom is 0.319 e. The molecule has 0 bridgehead atoms. The van der Waals surface area contributed by atoms with E-state index in [1.54, 1.807) is 24.3 Å². The molecule has 0 aliphatic heterocycles. The van der Waals surface area contributed by atoms with Crippen molar-refractivity contribution in [1.29, 1.82) is 0 Å². The number of aryl methyl sites for hydroxylation is 1. The van der Waals surface area contributed by atoms with Crippen LogP contribution in [-0.4, -0.2) is 18.5 Å². The summed E-state index contributed by atoms with van der Waals surface area (Å²) in [6, 6.07) is 14.3.